The van der Waals surface area contributed by atoms with Crippen molar-refractivity contribution in [2.75, 3.05) is 26.7 Å². The summed E-state index contributed by atoms with van der Waals surface area (Å²) in [4.78, 5) is 26.5. The lowest BCUT2D eigenvalue weighted by molar-refractivity contribution is -0.129. The van der Waals surface area contributed by atoms with Gasteiger partial charge in [0.05, 0.1) is 0 Å². The number of rotatable bonds is 1. The summed E-state index contributed by atoms with van der Waals surface area (Å²) in [6.45, 7) is 1.63. The van der Waals surface area contributed by atoms with E-state index in [-0.39, 0.29) is 18.5 Å². The van der Waals surface area contributed by atoms with E-state index in [2.05, 4.69) is 5.32 Å². The van der Waals surface area contributed by atoms with Gasteiger partial charge in [0.25, 0.3) is 0 Å². The molecule has 2 fully saturated rings. The van der Waals surface area contributed by atoms with Crippen LogP contribution in [0.25, 0.3) is 0 Å². The fraction of sp³-hybridized carbons (Fsp3) is 0.800. The Morgan fingerprint density at radius 1 is 1.40 bits per heavy atom. The smallest absolute Gasteiger partial charge is 0.318 e. The van der Waals surface area contributed by atoms with Gasteiger partial charge in [-0.1, -0.05) is 0 Å². The maximum atomic E-state index is 11.7. The van der Waals surface area contributed by atoms with Crippen LogP contribution in [0, 0.1) is 0 Å². The molecule has 2 rings (SSSR count). The van der Waals surface area contributed by atoms with Crippen molar-refractivity contribution >= 4 is 11.9 Å². The van der Waals surface area contributed by atoms with E-state index in [1.54, 1.807) is 16.8 Å². The van der Waals surface area contributed by atoms with Gasteiger partial charge < -0.3 is 15.1 Å². The molecule has 1 heterocycles. The highest BCUT2D eigenvalue weighted by molar-refractivity contribution is 5.84. The molecule has 0 aromatic rings. The third-order valence-corrected chi connectivity index (χ3v) is 2.87. The molecule has 0 unspecified atom stereocenters. The molecule has 0 bridgehead atoms. The van der Waals surface area contributed by atoms with Crippen molar-refractivity contribution in [3.8, 4) is 0 Å². The minimum atomic E-state index is -0.0823. The minimum absolute atomic E-state index is 0.0263. The normalized spacial score (nSPS) is 22.6. The van der Waals surface area contributed by atoms with Crippen LogP contribution < -0.4 is 5.32 Å². The molecule has 3 amide bonds. The van der Waals surface area contributed by atoms with Crippen LogP contribution in [-0.4, -0.2) is 54.5 Å². The van der Waals surface area contributed by atoms with Crippen LogP contribution in [-0.2, 0) is 4.79 Å². The van der Waals surface area contributed by atoms with Gasteiger partial charge in [-0.25, -0.2) is 4.79 Å². The maximum Gasteiger partial charge on any atom is 0.318 e. The molecular formula is C10H17N3O2. The Hall–Kier alpha value is -1.26. The molecule has 15 heavy (non-hydrogen) atoms. The molecule has 1 N–H and O–H groups in total. The molecule has 84 valence electrons. The summed E-state index contributed by atoms with van der Waals surface area (Å²) in [7, 11) is 1.78. The number of likely N-dealkylation sites (N-methyl/N-ethyl adjacent to an activating group) is 1. The standard InChI is InChI=1S/C10H17N3O2/c1-12-5-2-6-13(7-9(12)14)10(15)11-8-3-4-8/h8H,2-7H2,1H3,(H,11,15). The van der Waals surface area contributed by atoms with Crippen LogP contribution in [0.4, 0.5) is 4.79 Å². The topological polar surface area (TPSA) is 52.6 Å². The van der Waals surface area contributed by atoms with Crippen molar-refractivity contribution in [1.29, 1.82) is 0 Å². The summed E-state index contributed by atoms with van der Waals surface area (Å²) in [6.07, 6.45) is 3.02. The molecule has 0 radical (unpaired) electrons. The summed E-state index contributed by atoms with van der Waals surface area (Å²) in [6, 6.07) is 0.273. The van der Waals surface area contributed by atoms with Gasteiger partial charge in [-0.15, -0.1) is 0 Å². The average molecular weight is 211 g/mol. The van der Waals surface area contributed by atoms with E-state index in [4.69, 9.17) is 0 Å². The lowest BCUT2D eigenvalue weighted by Crippen LogP contribution is -2.44. The molecule has 5 nitrogen and oxygen atoms in total. The van der Waals surface area contributed by atoms with Crippen LogP contribution in [0.5, 0.6) is 0 Å². The Labute approximate surface area is 89.4 Å². The molecule has 2 aliphatic rings. The highest BCUT2D eigenvalue weighted by Gasteiger charge is 2.28. The number of nitrogens with zero attached hydrogens (tertiary/aromatic N) is 2. The Balaban J connectivity index is 1.89. The molecule has 1 saturated carbocycles. The second-order valence-electron chi connectivity index (χ2n) is 4.31. The Bertz CT molecular complexity index is 276. The van der Waals surface area contributed by atoms with E-state index in [1.165, 1.54) is 0 Å². The minimum Gasteiger partial charge on any atom is -0.344 e. The second-order valence-corrected chi connectivity index (χ2v) is 4.31. The van der Waals surface area contributed by atoms with Gasteiger partial charge in [0.1, 0.15) is 6.54 Å². The van der Waals surface area contributed by atoms with Crippen LogP contribution in [0.1, 0.15) is 19.3 Å². The number of hydrogen-bond acceptors (Lipinski definition) is 2. The van der Waals surface area contributed by atoms with Crippen molar-refractivity contribution in [3.63, 3.8) is 0 Å². The first-order valence-corrected chi connectivity index (χ1v) is 5.46. The predicted octanol–water partition coefficient (Wildman–Crippen LogP) is 0.0225. The number of urea groups is 1. The largest absolute Gasteiger partial charge is 0.344 e. The maximum absolute atomic E-state index is 11.7. The second kappa shape index (κ2) is 4.08. The number of amides is 3. The summed E-state index contributed by atoms with van der Waals surface area (Å²) in [5, 5.41) is 2.90. The first-order valence-electron chi connectivity index (χ1n) is 5.46. The van der Waals surface area contributed by atoms with Crippen molar-refractivity contribution in [2.45, 2.75) is 25.3 Å². The van der Waals surface area contributed by atoms with E-state index in [1.807, 2.05) is 0 Å². The number of nitrogens with one attached hydrogen (secondary N) is 1. The third kappa shape index (κ3) is 2.61. The van der Waals surface area contributed by atoms with Crippen molar-refractivity contribution in [2.24, 2.45) is 0 Å². The van der Waals surface area contributed by atoms with Gasteiger partial charge >= 0.3 is 6.03 Å². The van der Waals surface area contributed by atoms with Crippen LogP contribution >= 0.6 is 0 Å². The van der Waals surface area contributed by atoms with E-state index in [0.717, 1.165) is 25.8 Å². The van der Waals surface area contributed by atoms with Gasteiger partial charge in [0, 0.05) is 26.2 Å². The van der Waals surface area contributed by atoms with E-state index in [9.17, 15) is 9.59 Å². The van der Waals surface area contributed by atoms with Gasteiger partial charge in [-0.05, 0) is 19.3 Å². The van der Waals surface area contributed by atoms with Gasteiger partial charge in [-0.2, -0.15) is 0 Å². The first kappa shape index (κ1) is 10.3. The zero-order valence-electron chi connectivity index (χ0n) is 9.03. The van der Waals surface area contributed by atoms with Gasteiger partial charge in [-0.3, -0.25) is 4.79 Å². The average Bonchev–Trinajstić information content (AvgIpc) is 2.98. The van der Waals surface area contributed by atoms with Crippen LogP contribution in [0.3, 0.4) is 0 Å². The van der Waals surface area contributed by atoms with E-state index in [0.29, 0.717) is 12.6 Å². The Morgan fingerprint density at radius 2 is 2.13 bits per heavy atom. The number of carbonyl (C=O) groups excluding carboxylic acids is 2. The zero-order chi connectivity index (χ0) is 10.8. The molecule has 0 spiro atoms. The number of carbonyl (C=O) groups is 2. The highest BCUT2D eigenvalue weighted by Crippen LogP contribution is 2.19. The predicted molar refractivity (Wildman–Crippen MR) is 55.4 cm³/mol. The summed E-state index contributed by atoms with van der Waals surface area (Å²) >= 11 is 0. The summed E-state index contributed by atoms with van der Waals surface area (Å²) in [5.41, 5.74) is 0. The third-order valence-electron chi connectivity index (χ3n) is 2.87. The quantitative estimate of drug-likeness (QED) is 0.665. The lowest BCUT2D eigenvalue weighted by atomic mass is 10.4. The molecular weight excluding hydrogens is 194 g/mol. The highest BCUT2D eigenvalue weighted by atomic mass is 16.2. The molecule has 0 aromatic carbocycles. The molecule has 1 saturated heterocycles. The first-order chi connectivity index (χ1) is 7.16. The van der Waals surface area contributed by atoms with Crippen molar-refractivity contribution < 1.29 is 9.59 Å². The molecule has 5 heteroatoms. The van der Waals surface area contributed by atoms with Gasteiger partial charge in [0.2, 0.25) is 5.91 Å². The van der Waals surface area contributed by atoms with Crippen LogP contribution in [0.15, 0.2) is 0 Å². The Morgan fingerprint density at radius 3 is 2.80 bits per heavy atom. The zero-order valence-corrected chi connectivity index (χ0v) is 9.03. The van der Waals surface area contributed by atoms with E-state index >= 15 is 0 Å². The fourth-order valence-electron chi connectivity index (χ4n) is 1.65. The Kier molecular flexibility index (Phi) is 2.79. The molecule has 1 aliphatic heterocycles. The molecule has 1 aliphatic carbocycles. The summed E-state index contributed by atoms with van der Waals surface area (Å²) in [5.74, 6) is 0.0263. The van der Waals surface area contributed by atoms with E-state index < -0.39 is 0 Å². The molecule has 0 aromatic heterocycles. The lowest BCUT2D eigenvalue weighted by Gasteiger charge is -2.20. The monoisotopic (exact) mass is 211 g/mol. The van der Waals surface area contributed by atoms with Gasteiger partial charge in [0.15, 0.2) is 0 Å². The number of hydrogen-bond donors (Lipinski definition) is 1. The van der Waals surface area contributed by atoms with Crippen molar-refractivity contribution in [1.82, 2.24) is 15.1 Å². The van der Waals surface area contributed by atoms with Crippen molar-refractivity contribution in [3.05, 3.63) is 0 Å². The summed E-state index contributed by atoms with van der Waals surface area (Å²) < 4.78 is 0. The molecule has 0 atom stereocenters. The van der Waals surface area contributed by atoms with Crippen LogP contribution in [0.2, 0.25) is 0 Å². The fourth-order valence-corrected chi connectivity index (χ4v) is 1.65. The SMILES string of the molecule is CN1CCCN(C(=O)NC2CC2)CC1=O.